The Morgan fingerprint density at radius 1 is 1.37 bits per heavy atom. The summed E-state index contributed by atoms with van der Waals surface area (Å²) in [5, 5.41) is 5.76. The van der Waals surface area contributed by atoms with Gasteiger partial charge in [-0.15, -0.1) is 0 Å². The number of carbonyl (C=O) groups is 3. The molecule has 2 atom stereocenters. The zero-order valence-corrected chi connectivity index (χ0v) is 16.6. The number of rotatable bonds is 9. The number of piperidine rings is 1. The smallest absolute Gasteiger partial charge is 0.226 e. The SMILES string of the molecule is Cc1c(C2CCCCN2)ccc(C=O)c1CN(C)C(C)CCC(=O)NC=O. The zero-order chi connectivity index (χ0) is 19.8. The summed E-state index contributed by atoms with van der Waals surface area (Å²) in [5.41, 5.74) is 4.24. The summed E-state index contributed by atoms with van der Waals surface area (Å²) in [5.74, 6) is -0.264. The normalized spacial score (nSPS) is 18.1. The molecular formula is C21H31N3O3. The van der Waals surface area contributed by atoms with Gasteiger partial charge in [-0.3, -0.25) is 24.6 Å². The Balaban J connectivity index is 2.12. The highest BCUT2D eigenvalue weighted by Gasteiger charge is 2.21. The third kappa shape index (κ3) is 5.71. The van der Waals surface area contributed by atoms with E-state index in [1.807, 2.05) is 13.1 Å². The van der Waals surface area contributed by atoms with Gasteiger partial charge in [-0.25, -0.2) is 0 Å². The van der Waals surface area contributed by atoms with Gasteiger partial charge in [0.25, 0.3) is 0 Å². The largest absolute Gasteiger partial charge is 0.310 e. The second-order valence-corrected chi connectivity index (χ2v) is 7.46. The van der Waals surface area contributed by atoms with Gasteiger partial charge in [0.05, 0.1) is 0 Å². The van der Waals surface area contributed by atoms with E-state index in [-0.39, 0.29) is 11.9 Å². The summed E-state index contributed by atoms with van der Waals surface area (Å²) in [6.07, 6.45) is 5.86. The van der Waals surface area contributed by atoms with Crippen LogP contribution in [0.15, 0.2) is 12.1 Å². The van der Waals surface area contributed by atoms with Crippen LogP contribution < -0.4 is 10.6 Å². The lowest BCUT2D eigenvalue weighted by molar-refractivity contribution is -0.125. The number of hydrogen-bond donors (Lipinski definition) is 2. The maximum atomic E-state index is 11.6. The van der Waals surface area contributed by atoms with Crippen LogP contribution in [0.3, 0.4) is 0 Å². The molecule has 0 saturated carbocycles. The van der Waals surface area contributed by atoms with E-state index in [2.05, 4.69) is 35.4 Å². The molecule has 1 aliphatic heterocycles. The minimum Gasteiger partial charge on any atom is -0.310 e. The first-order valence-corrected chi connectivity index (χ1v) is 9.72. The minimum absolute atomic E-state index is 0.151. The lowest BCUT2D eigenvalue weighted by Crippen LogP contribution is -2.32. The number of nitrogens with one attached hydrogen (secondary N) is 2. The van der Waals surface area contributed by atoms with Gasteiger partial charge in [-0.1, -0.05) is 18.6 Å². The third-order valence-electron chi connectivity index (χ3n) is 5.66. The zero-order valence-electron chi connectivity index (χ0n) is 16.6. The van der Waals surface area contributed by atoms with Gasteiger partial charge < -0.3 is 5.32 Å². The van der Waals surface area contributed by atoms with Gasteiger partial charge >= 0.3 is 0 Å². The summed E-state index contributed by atoms with van der Waals surface area (Å²) in [6.45, 7) is 5.84. The van der Waals surface area contributed by atoms with Gasteiger partial charge in [-0.2, -0.15) is 0 Å². The highest BCUT2D eigenvalue weighted by molar-refractivity contribution is 5.85. The Hall–Kier alpha value is -2.05. The van der Waals surface area contributed by atoms with Gasteiger partial charge in [0.15, 0.2) is 0 Å². The number of hydrogen-bond acceptors (Lipinski definition) is 5. The number of benzene rings is 1. The quantitative estimate of drug-likeness (QED) is 0.650. The van der Waals surface area contributed by atoms with Crippen molar-refractivity contribution in [2.24, 2.45) is 0 Å². The Kier molecular flexibility index (Phi) is 8.13. The van der Waals surface area contributed by atoms with Crippen LogP contribution in [0.5, 0.6) is 0 Å². The molecule has 1 aliphatic rings. The van der Waals surface area contributed by atoms with Crippen molar-refractivity contribution in [2.45, 2.75) is 64.6 Å². The topological polar surface area (TPSA) is 78.5 Å². The molecule has 6 heteroatoms. The lowest BCUT2D eigenvalue weighted by Gasteiger charge is -2.29. The van der Waals surface area contributed by atoms with Crippen molar-refractivity contribution in [2.75, 3.05) is 13.6 Å². The summed E-state index contributed by atoms with van der Waals surface area (Å²) < 4.78 is 0. The molecule has 0 spiro atoms. The van der Waals surface area contributed by atoms with Crippen LogP contribution in [0.25, 0.3) is 0 Å². The van der Waals surface area contributed by atoms with Gasteiger partial charge in [0.2, 0.25) is 12.3 Å². The molecule has 1 saturated heterocycles. The molecule has 148 valence electrons. The molecule has 2 amide bonds. The minimum atomic E-state index is -0.264. The van der Waals surface area contributed by atoms with Gasteiger partial charge in [0.1, 0.15) is 6.29 Å². The molecule has 1 heterocycles. The monoisotopic (exact) mass is 373 g/mol. The molecule has 0 radical (unpaired) electrons. The van der Waals surface area contributed by atoms with Gasteiger partial charge in [0, 0.05) is 30.6 Å². The first kappa shape index (κ1) is 21.3. The van der Waals surface area contributed by atoms with Crippen molar-refractivity contribution in [3.63, 3.8) is 0 Å². The molecule has 1 fully saturated rings. The van der Waals surface area contributed by atoms with Crippen molar-refractivity contribution in [1.29, 1.82) is 0 Å². The van der Waals surface area contributed by atoms with Crippen LogP contribution in [0.2, 0.25) is 0 Å². The van der Waals surface area contributed by atoms with Crippen LogP contribution in [-0.2, 0) is 16.1 Å². The van der Waals surface area contributed by atoms with Crippen LogP contribution in [0.1, 0.15) is 72.1 Å². The highest BCUT2D eigenvalue weighted by Crippen LogP contribution is 2.29. The Morgan fingerprint density at radius 3 is 2.78 bits per heavy atom. The summed E-state index contributed by atoms with van der Waals surface area (Å²) in [6, 6.07) is 4.51. The molecule has 2 rings (SSSR count). The Bertz CT molecular complexity index is 669. The van der Waals surface area contributed by atoms with Crippen molar-refractivity contribution in [3.8, 4) is 0 Å². The average molecular weight is 373 g/mol. The van der Waals surface area contributed by atoms with E-state index in [0.29, 0.717) is 31.8 Å². The molecule has 0 aliphatic carbocycles. The molecule has 1 aromatic carbocycles. The molecule has 2 N–H and O–H groups in total. The first-order valence-electron chi connectivity index (χ1n) is 9.72. The molecular weight excluding hydrogens is 342 g/mol. The molecule has 6 nitrogen and oxygen atoms in total. The Labute approximate surface area is 161 Å². The molecule has 1 aromatic rings. The number of carbonyl (C=O) groups excluding carboxylic acids is 3. The van der Waals surface area contributed by atoms with Crippen LogP contribution in [0.4, 0.5) is 0 Å². The number of aldehydes is 1. The fraction of sp³-hybridized carbons (Fsp3) is 0.571. The number of nitrogens with zero attached hydrogens (tertiary/aromatic N) is 1. The van der Waals surface area contributed by atoms with E-state index in [0.717, 1.165) is 30.4 Å². The summed E-state index contributed by atoms with van der Waals surface area (Å²) >= 11 is 0. The molecule has 2 unspecified atom stereocenters. The summed E-state index contributed by atoms with van der Waals surface area (Å²) in [7, 11) is 2.00. The van der Waals surface area contributed by atoms with E-state index in [1.54, 1.807) is 0 Å². The maximum absolute atomic E-state index is 11.6. The van der Waals surface area contributed by atoms with Crippen LogP contribution >= 0.6 is 0 Å². The van der Waals surface area contributed by atoms with E-state index in [1.165, 1.54) is 24.0 Å². The van der Waals surface area contributed by atoms with Crippen molar-refractivity contribution < 1.29 is 14.4 Å². The molecule has 0 aromatic heterocycles. The Morgan fingerprint density at radius 2 is 2.15 bits per heavy atom. The van der Waals surface area contributed by atoms with Crippen molar-refractivity contribution >= 4 is 18.6 Å². The summed E-state index contributed by atoms with van der Waals surface area (Å²) in [4.78, 5) is 35.6. The predicted octanol–water partition coefficient (Wildman–Crippen LogP) is 2.50. The average Bonchev–Trinajstić information content (AvgIpc) is 2.68. The molecule has 0 bridgehead atoms. The molecule has 27 heavy (non-hydrogen) atoms. The standard InChI is InChI=1S/C21H31N3O3/c1-15(7-10-21(27)23-14-26)24(3)12-19-16(2)18(9-8-17(19)13-25)20-6-4-5-11-22-20/h8-9,13-15,20,22H,4-7,10-12H2,1-3H3,(H,23,26,27). The van der Waals surface area contributed by atoms with E-state index in [4.69, 9.17) is 0 Å². The fourth-order valence-electron chi connectivity index (χ4n) is 3.71. The number of amides is 2. The fourth-order valence-corrected chi connectivity index (χ4v) is 3.71. The maximum Gasteiger partial charge on any atom is 0.226 e. The predicted molar refractivity (Wildman–Crippen MR) is 106 cm³/mol. The van der Waals surface area contributed by atoms with Crippen LogP contribution in [-0.4, -0.2) is 43.1 Å². The van der Waals surface area contributed by atoms with Crippen molar-refractivity contribution in [1.82, 2.24) is 15.5 Å². The van der Waals surface area contributed by atoms with E-state index >= 15 is 0 Å². The first-order chi connectivity index (χ1) is 13.0. The van der Waals surface area contributed by atoms with Crippen molar-refractivity contribution in [3.05, 3.63) is 34.4 Å². The van der Waals surface area contributed by atoms with Crippen LogP contribution in [0, 0.1) is 6.92 Å². The third-order valence-corrected chi connectivity index (χ3v) is 5.66. The second-order valence-electron chi connectivity index (χ2n) is 7.46. The van der Waals surface area contributed by atoms with E-state index < -0.39 is 0 Å². The number of imide groups is 1. The van der Waals surface area contributed by atoms with Gasteiger partial charge in [-0.05, 0) is 63.4 Å². The van der Waals surface area contributed by atoms with E-state index in [9.17, 15) is 14.4 Å². The highest BCUT2D eigenvalue weighted by atomic mass is 16.2. The second kappa shape index (κ2) is 10.3. The lowest BCUT2D eigenvalue weighted by atomic mass is 9.89.